The third-order valence-electron chi connectivity index (χ3n) is 2.14. The molecule has 0 spiro atoms. The number of hydrogen-bond donors (Lipinski definition) is 1. The second kappa shape index (κ2) is 6.85. The Hall–Kier alpha value is -0.550. The van der Waals surface area contributed by atoms with E-state index in [0.29, 0.717) is 11.7 Å². The molecule has 1 unspecified atom stereocenters. The van der Waals surface area contributed by atoms with Crippen LogP contribution in [0.1, 0.15) is 43.9 Å². The minimum Gasteiger partial charge on any atom is -0.339 e. The number of thioether (sulfide) groups is 1. The van der Waals surface area contributed by atoms with Crippen LogP contribution in [0, 0.1) is 0 Å². The Morgan fingerprint density at radius 3 is 3.00 bits per heavy atom. The average molecular weight is 229 g/mol. The Labute approximate surface area is 95.0 Å². The maximum absolute atomic E-state index is 5.95. The first-order valence-electron chi connectivity index (χ1n) is 5.35. The zero-order valence-corrected chi connectivity index (χ0v) is 10.2. The van der Waals surface area contributed by atoms with Crippen molar-refractivity contribution in [2.75, 3.05) is 12.0 Å². The van der Waals surface area contributed by atoms with Gasteiger partial charge in [0.05, 0.1) is 6.04 Å². The van der Waals surface area contributed by atoms with Crippen LogP contribution in [0.5, 0.6) is 0 Å². The van der Waals surface area contributed by atoms with Crippen LogP contribution in [0.4, 0.5) is 0 Å². The summed E-state index contributed by atoms with van der Waals surface area (Å²) < 4.78 is 5.09. The summed E-state index contributed by atoms with van der Waals surface area (Å²) in [6.07, 6.45) is 5.97. The van der Waals surface area contributed by atoms with Gasteiger partial charge in [0.15, 0.2) is 5.82 Å². The molecule has 1 aromatic rings. The van der Waals surface area contributed by atoms with Crippen molar-refractivity contribution < 1.29 is 4.52 Å². The summed E-state index contributed by atoms with van der Waals surface area (Å²) in [5.41, 5.74) is 5.95. The minimum atomic E-state index is -0.0773. The molecule has 0 saturated carbocycles. The monoisotopic (exact) mass is 229 g/mol. The van der Waals surface area contributed by atoms with Gasteiger partial charge in [-0.2, -0.15) is 16.7 Å². The fourth-order valence-corrected chi connectivity index (χ4v) is 1.77. The number of rotatable bonds is 7. The topological polar surface area (TPSA) is 64.9 Å². The lowest BCUT2D eigenvalue weighted by atomic mass is 10.2. The van der Waals surface area contributed by atoms with Gasteiger partial charge in [-0.25, -0.2) is 0 Å². The fourth-order valence-electron chi connectivity index (χ4n) is 1.31. The normalized spacial score (nSPS) is 13.0. The van der Waals surface area contributed by atoms with Crippen LogP contribution in [-0.4, -0.2) is 22.1 Å². The Bertz CT molecular complexity index is 277. The molecule has 15 heavy (non-hydrogen) atoms. The van der Waals surface area contributed by atoms with Gasteiger partial charge in [-0.05, 0) is 31.3 Å². The van der Waals surface area contributed by atoms with Gasteiger partial charge in [-0.1, -0.05) is 12.1 Å². The molecule has 1 heterocycles. The van der Waals surface area contributed by atoms with E-state index in [1.165, 1.54) is 0 Å². The number of nitrogens with two attached hydrogens (primary N) is 1. The maximum Gasteiger partial charge on any atom is 0.226 e. The van der Waals surface area contributed by atoms with Crippen LogP contribution < -0.4 is 5.73 Å². The molecule has 0 aliphatic rings. The molecule has 0 aliphatic carbocycles. The molecule has 0 saturated heterocycles. The molecular weight excluding hydrogens is 210 g/mol. The van der Waals surface area contributed by atoms with Crippen molar-refractivity contribution in [2.24, 2.45) is 5.73 Å². The van der Waals surface area contributed by atoms with Crippen molar-refractivity contribution in [3.8, 4) is 0 Å². The van der Waals surface area contributed by atoms with Crippen molar-refractivity contribution in [1.82, 2.24) is 10.1 Å². The van der Waals surface area contributed by atoms with Gasteiger partial charge < -0.3 is 10.3 Å². The molecular formula is C10H19N3OS. The maximum atomic E-state index is 5.95. The molecule has 1 atom stereocenters. The van der Waals surface area contributed by atoms with E-state index in [-0.39, 0.29) is 6.04 Å². The van der Waals surface area contributed by atoms with Gasteiger partial charge in [-0.3, -0.25) is 0 Å². The molecule has 1 aromatic heterocycles. The van der Waals surface area contributed by atoms with Crippen molar-refractivity contribution in [3.05, 3.63) is 11.7 Å². The van der Waals surface area contributed by atoms with Crippen molar-refractivity contribution in [2.45, 2.75) is 38.6 Å². The van der Waals surface area contributed by atoms with Crippen LogP contribution in [0.25, 0.3) is 0 Å². The molecule has 0 bridgehead atoms. The highest BCUT2D eigenvalue weighted by Crippen LogP contribution is 2.14. The summed E-state index contributed by atoms with van der Waals surface area (Å²) in [6.45, 7) is 2.09. The molecule has 2 N–H and O–H groups in total. The second-order valence-electron chi connectivity index (χ2n) is 3.54. The van der Waals surface area contributed by atoms with E-state index in [1.807, 2.05) is 11.8 Å². The predicted molar refractivity (Wildman–Crippen MR) is 62.8 cm³/mol. The third-order valence-corrected chi connectivity index (χ3v) is 2.84. The molecule has 86 valence electrons. The Morgan fingerprint density at radius 2 is 2.33 bits per heavy atom. The predicted octanol–water partition coefficient (Wildman–Crippen LogP) is 2.17. The van der Waals surface area contributed by atoms with Crippen LogP contribution in [0.3, 0.4) is 0 Å². The lowest BCUT2D eigenvalue weighted by molar-refractivity contribution is 0.367. The first-order valence-corrected chi connectivity index (χ1v) is 6.74. The summed E-state index contributed by atoms with van der Waals surface area (Å²) in [5, 5.41) is 3.90. The van der Waals surface area contributed by atoms with Crippen LogP contribution in [0.2, 0.25) is 0 Å². The highest BCUT2D eigenvalue weighted by molar-refractivity contribution is 7.98. The van der Waals surface area contributed by atoms with Crippen LogP contribution in [-0.2, 0) is 6.42 Å². The quantitative estimate of drug-likeness (QED) is 0.726. The van der Waals surface area contributed by atoms with E-state index in [9.17, 15) is 0 Å². The molecule has 1 rings (SSSR count). The molecule has 0 aliphatic heterocycles. The summed E-state index contributed by atoms with van der Waals surface area (Å²) in [7, 11) is 0. The van der Waals surface area contributed by atoms with E-state index in [1.54, 1.807) is 0 Å². The number of hydrogen-bond acceptors (Lipinski definition) is 5. The summed E-state index contributed by atoms with van der Waals surface area (Å²) >= 11 is 1.83. The second-order valence-corrected chi connectivity index (χ2v) is 4.52. The van der Waals surface area contributed by atoms with E-state index in [0.717, 1.165) is 31.4 Å². The lowest BCUT2D eigenvalue weighted by Crippen LogP contribution is -2.12. The van der Waals surface area contributed by atoms with Gasteiger partial charge in [0.25, 0.3) is 0 Å². The number of aryl methyl sites for hydroxylation is 1. The average Bonchev–Trinajstić information content (AvgIpc) is 2.67. The SMILES string of the molecule is CCCc1nc(C(N)CCCSC)no1. The van der Waals surface area contributed by atoms with Crippen molar-refractivity contribution >= 4 is 11.8 Å². The van der Waals surface area contributed by atoms with Gasteiger partial charge in [-0.15, -0.1) is 0 Å². The van der Waals surface area contributed by atoms with Gasteiger partial charge >= 0.3 is 0 Å². The number of aromatic nitrogens is 2. The van der Waals surface area contributed by atoms with E-state index >= 15 is 0 Å². The third kappa shape index (κ3) is 4.22. The summed E-state index contributed by atoms with van der Waals surface area (Å²) in [4.78, 5) is 4.27. The smallest absolute Gasteiger partial charge is 0.226 e. The molecule has 0 radical (unpaired) electrons. The fraction of sp³-hybridized carbons (Fsp3) is 0.800. The first kappa shape index (κ1) is 12.5. The Kier molecular flexibility index (Phi) is 5.71. The molecule has 4 nitrogen and oxygen atoms in total. The van der Waals surface area contributed by atoms with E-state index < -0.39 is 0 Å². The minimum absolute atomic E-state index is 0.0773. The van der Waals surface area contributed by atoms with Crippen molar-refractivity contribution in [3.63, 3.8) is 0 Å². The summed E-state index contributed by atoms with van der Waals surface area (Å²) in [6, 6.07) is -0.0773. The lowest BCUT2D eigenvalue weighted by Gasteiger charge is -2.04. The standard InChI is InChI=1S/C10H19N3OS/c1-3-5-9-12-10(13-14-9)8(11)6-4-7-15-2/h8H,3-7,11H2,1-2H3. The molecule has 0 aromatic carbocycles. The largest absolute Gasteiger partial charge is 0.339 e. The van der Waals surface area contributed by atoms with E-state index in [2.05, 4.69) is 23.3 Å². The highest BCUT2D eigenvalue weighted by Gasteiger charge is 2.13. The van der Waals surface area contributed by atoms with Gasteiger partial charge in [0, 0.05) is 6.42 Å². The molecule has 0 amide bonds. The van der Waals surface area contributed by atoms with Gasteiger partial charge in [0.1, 0.15) is 0 Å². The first-order chi connectivity index (χ1) is 7.27. The zero-order chi connectivity index (χ0) is 11.1. The molecule has 5 heteroatoms. The van der Waals surface area contributed by atoms with Crippen LogP contribution in [0.15, 0.2) is 4.52 Å². The molecule has 0 fully saturated rings. The number of nitrogens with zero attached hydrogens (tertiary/aromatic N) is 2. The van der Waals surface area contributed by atoms with Gasteiger partial charge in [0.2, 0.25) is 5.89 Å². The van der Waals surface area contributed by atoms with E-state index in [4.69, 9.17) is 10.3 Å². The highest BCUT2D eigenvalue weighted by atomic mass is 32.2. The summed E-state index contributed by atoms with van der Waals surface area (Å²) in [5.74, 6) is 2.49. The Morgan fingerprint density at radius 1 is 1.53 bits per heavy atom. The Balaban J connectivity index is 2.39. The van der Waals surface area contributed by atoms with Crippen LogP contribution >= 0.6 is 11.8 Å². The van der Waals surface area contributed by atoms with Crippen molar-refractivity contribution in [1.29, 1.82) is 0 Å². The zero-order valence-electron chi connectivity index (χ0n) is 9.40.